The predicted octanol–water partition coefficient (Wildman–Crippen LogP) is 4.81. The largest absolute Gasteiger partial charge is 0.573 e. The molecule has 0 saturated heterocycles. The van der Waals surface area contributed by atoms with E-state index in [0.717, 1.165) is 11.5 Å². The topological polar surface area (TPSA) is 21.3 Å². The van der Waals surface area contributed by atoms with E-state index < -0.39 is 6.36 Å². The number of ether oxygens (including phenoxy) is 1. The number of rotatable bonds is 4. The molecule has 1 aromatic carbocycles. The minimum atomic E-state index is -4.64. The molecule has 0 bridgehead atoms. The zero-order chi connectivity index (χ0) is 15.5. The molecule has 0 radical (unpaired) electrons. The SMILES string of the molecule is CC1CCCC(NC(C)c2ccc(OC(F)(F)F)cc2)C1. The first-order valence-electron chi connectivity index (χ1n) is 7.45. The lowest BCUT2D eigenvalue weighted by Gasteiger charge is -2.30. The van der Waals surface area contributed by atoms with Crippen LogP contribution >= 0.6 is 0 Å². The van der Waals surface area contributed by atoms with Crippen LogP contribution in [-0.4, -0.2) is 12.4 Å². The van der Waals surface area contributed by atoms with Crippen LogP contribution in [0.3, 0.4) is 0 Å². The Morgan fingerprint density at radius 1 is 1.19 bits per heavy atom. The molecule has 1 N–H and O–H groups in total. The molecule has 1 saturated carbocycles. The standard InChI is InChI=1S/C16H22F3NO/c1-11-4-3-5-14(10-11)20-12(2)13-6-8-15(9-7-13)21-16(17,18)19/h6-9,11-12,14,20H,3-5,10H2,1-2H3. The number of alkyl halides is 3. The zero-order valence-electron chi connectivity index (χ0n) is 12.4. The maximum atomic E-state index is 12.1. The van der Waals surface area contributed by atoms with Crippen molar-refractivity contribution in [2.24, 2.45) is 5.92 Å². The van der Waals surface area contributed by atoms with E-state index in [1.807, 2.05) is 6.92 Å². The maximum absolute atomic E-state index is 12.1. The Morgan fingerprint density at radius 3 is 2.43 bits per heavy atom. The van der Waals surface area contributed by atoms with Crippen LogP contribution < -0.4 is 10.1 Å². The van der Waals surface area contributed by atoms with Gasteiger partial charge < -0.3 is 10.1 Å². The lowest BCUT2D eigenvalue weighted by atomic mass is 9.86. The Balaban J connectivity index is 1.91. The summed E-state index contributed by atoms with van der Waals surface area (Å²) in [5, 5.41) is 3.57. The molecule has 1 fully saturated rings. The molecule has 1 aliphatic rings. The third-order valence-corrected chi connectivity index (χ3v) is 4.04. The van der Waals surface area contributed by atoms with E-state index in [4.69, 9.17) is 0 Å². The van der Waals surface area contributed by atoms with E-state index in [-0.39, 0.29) is 11.8 Å². The van der Waals surface area contributed by atoms with E-state index >= 15 is 0 Å². The third kappa shape index (κ3) is 5.23. The molecule has 3 unspecified atom stereocenters. The molecule has 118 valence electrons. The van der Waals surface area contributed by atoms with Crippen LogP contribution in [0.5, 0.6) is 5.75 Å². The van der Waals surface area contributed by atoms with Gasteiger partial charge in [-0.15, -0.1) is 13.2 Å². The molecule has 0 aromatic heterocycles. The highest BCUT2D eigenvalue weighted by molar-refractivity contribution is 5.29. The summed E-state index contributed by atoms with van der Waals surface area (Å²) in [7, 11) is 0. The van der Waals surface area contributed by atoms with Gasteiger partial charge in [0.2, 0.25) is 0 Å². The summed E-state index contributed by atoms with van der Waals surface area (Å²) in [6.07, 6.45) is 0.229. The smallest absolute Gasteiger partial charge is 0.406 e. The van der Waals surface area contributed by atoms with Crippen molar-refractivity contribution < 1.29 is 17.9 Å². The molecular weight excluding hydrogens is 279 g/mol. The number of halogens is 3. The first-order valence-corrected chi connectivity index (χ1v) is 7.45. The van der Waals surface area contributed by atoms with Crippen molar-refractivity contribution in [2.45, 2.75) is 58.0 Å². The van der Waals surface area contributed by atoms with Crippen molar-refractivity contribution in [3.63, 3.8) is 0 Å². The van der Waals surface area contributed by atoms with Crippen LogP contribution in [0.1, 0.15) is 51.1 Å². The van der Waals surface area contributed by atoms with E-state index in [9.17, 15) is 13.2 Å². The highest BCUT2D eigenvalue weighted by Gasteiger charge is 2.31. The van der Waals surface area contributed by atoms with Crippen molar-refractivity contribution in [1.29, 1.82) is 0 Å². The quantitative estimate of drug-likeness (QED) is 0.861. The molecule has 1 aromatic rings. The number of hydrogen-bond acceptors (Lipinski definition) is 2. The van der Waals surface area contributed by atoms with Gasteiger partial charge in [-0.3, -0.25) is 0 Å². The van der Waals surface area contributed by atoms with Gasteiger partial charge in [-0.1, -0.05) is 31.9 Å². The van der Waals surface area contributed by atoms with Gasteiger partial charge in [0.15, 0.2) is 0 Å². The Bertz CT molecular complexity index is 444. The average Bonchev–Trinajstić information content (AvgIpc) is 2.37. The minimum Gasteiger partial charge on any atom is -0.406 e. The highest BCUT2D eigenvalue weighted by Crippen LogP contribution is 2.27. The van der Waals surface area contributed by atoms with Gasteiger partial charge in [-0.2, -0.15) is 0 Å². The van der Waals surface area contributed by atoms with Crippen molar-refractivity contribution in [1.82, 2.24) is 5.32 Å². The summed E-state index contributed by atoms with van der Waals surface area (Å²) in [6.45, 7) is 4.31. The molecule has 0 amide bonds. The summed E-state index contributed by atoms with van der Waals surface area (Å²) in [6, 6.07) is 6.72. The third-order valence-electron chi connectivity index (χ3n) is 4.04. The predicted molar refractivity (Wildman–Crippen MR) is 76.1 cm³/mol. The molecule has 0 heterocycles. The van der Waals surface area contributed by atoms with Gasteiger partial charge in [0, 0.05) is 12.1 Å². The lowest BCUT2D eigenvalue weighted by molar-refractivity contribution is -0.274. The van der Waals surface area contributed by atoms with Crippen molar-refractivity contribution in [2.75, 3.05) is 0 Å². The van der Waals surface area contributed by atoms with E-state index in [1.165, 1.54) is 37.8 Å². The van der Waals surface area contributed by atoms with Crippen LogP contribution in [0.25, 0.3) is 0 Å². The normalized spacial score (nSPS) is 24.6. The van der Waals surface area contributed by atoms with Gasteiger partial charge in [-0.05, 0) is 43.4 Å². The molecule has 1 aliphatic carbocycles. The molecule has 3 atom stereocenters. The highest BCUT2D eigenvalue weighted by atomic mass is 19.4. The Kier molecular flexibility index (Phi) is 5.14. The monoisotopic (exact) mass is 301 g/mol. The molecule has 0 spiro atoms. The number of hydrogen-bond donors (Lipinski definition) is 1. The molecule has 0 aliphatic heterocycles. The maximum Gasteiger partial charge on any atom is 0.573 e. The van der Waals surface area contributed by atoms with Crippen LogP contribution in [0.15, 0.2) is 24.3 Å². The molecular formula is C16H22F3NO. The van der Waals surface area contributed by atoms with Gasteiger partial charge in [0.1, 0.15) is 5.75 Å². The summed E-state index contributed by atoms with van der Waals surface area (Å²) in [5.41, 5.74) is 0.975. The van der Waals surface area contributed by atoms with Crippen LogP contribution in [0, 0.1) is 5.92 Å². The summed E-state index contributed by atoms with van der Waals surface area (Å²) in [4.78, 5) is 0. The molecule has 21 heavy (non-hydrogen) atoms. The van der Waals surface area contributed by atoms with E-state index in [0.29, 0.717) is 6.04 Å². The number of benzene rings is 1. The minimum absolute atomic E-state index is 0.125. The van der Waals surface area contributed by atoms with Crippen molar-refractivity contribution in [3.8, 4) is 5.75 Å². The molecule has 2 rings (SSSR count). The fourth-order valence-electron chi connectivity index (χ4n) is 2.99. The summed E-state index contributed by atoms with van der Waals surface area (Å²) in [5.74, 6) is 0.566. The van der Waals surface area contributed by atoms with E-state index in [2.05, 4.69) is 17.0 Å². The molecule has 5 heteroatoms. The van der Waals surface area contributed by atoms with Crippen LogP contribution in [-0.2, 0) is 0 Å². The second-order valence-electron chi connectivity index (χ2n) is 5.97. The average molecular weight is 301 g/mol. The fourth-order valence-corrected chi connectivity index (χ4v) is 2.99. The second kappa shape index (κ2) is 6.69. The summed E-state index contributed by atoms with van der Waals surface area (Å²) < 4.78 is 40.2. The Hall–Kier alpha value is -1.23. The van der Waals surface area contributed by atoms with Crippen LogP contribution in [0.4, 0.5) is 13.2 Å². The zero-order valence-corrected chi connectivity index (χ0v) is 12.4. The van der Waals surface area contributed by atoms with Gasteiger partial charge in [0.05, 0.1) is 0 Å². The lowest BCUT2D eigenvalue weighted by Crippen LogP contribution is -2.35. The Morgan fingerprint density at radius 2 is 1.86 bits per heavy atom. The van der Waals surface area contributed by atoms with Gasteiger partial charge >= 0.3 is 6.36 Å². The van der Waals surface area contributed by atoms with Crippen molar-refractivity contribution >= 4 is 0 Å². The van der Waals surface area contributed by atoms with Gasteiger partial charge in [-0.25, -0.2) is 0 Å². The molecule has 2 nitrogen and oxygen atoms in total. The first kappa shape index (κ1) is 16.1. The van der Waals surface area contributed by atoms with E-state index in [1.54, 1.807) is 12.1 Å². The number of nitrogens with one attached hydrogen (secondary N) is 1. The summed E-state index contributed by atoms with van der Waals surface area (Å²) >= 11 is 0. The van der Waals surface area contributed by atoms with Gasteiger partial charge in [0.25, 0.3) is 0 Å². The first-order chi connectivity index (χ1) is 9.83. The second-order valence-corrected chi connectivity index (χ2v) is 5.97. The fraction of sp³-hybridized carbons (Fsp3) is 0.625. The van der Waals surface area contributed by atoms with Crippen molar-refractivity contribution in [3.05, 3.63) is 29.8 Å². The van der Waals surface area contributed by atoms with Crippen LogP contribution in [0.2, 0.25) is 0 Å². The Labute approximate surface area is 123 Å².